The Bertz CT molecular complexity index is 1040. The van der Waals surface area contributed by atoms with E-state index in [1.165, 1.54) is 39.2 Å². The molecule has 0 radical (unpaired) electrons. The number of hydrogen-bond donors (Lipinski definition) is 0. The van der Waals surface area contributed by atoms with Crippen molar-refractivity contribution in [3.63, 3.8) is 0 Å². The van der Waals surface area contributed by atoms with Crippen molar-refractivity contribution in [2.24, 2.45) is 0 Å². The molecule has 0 aromatic heterocycles. The standard InChI is InChI=1S/C28H25N/c1-22-13-17-26(18-14-22)29(2)27-19-15-23(16-20-27)21-28(24-9-5-3-6-10-24)25-11-7-4-8-12-25/h3-21H,1-2H3. The number of aryl methyl sites for hydroxylation is 1. The van der Waals surface area contributed by atoms with Gasteiger partial charge in [0.15, 0.2) is 0 Å². The first-order chi connectivity index (χ1) is 14.2. The Morgan fingerprint density at radius 1 is 0.586 bits per heavy atom. The van der Waals surface area contributed by atoms with Gasteiger partial charge in [0.25, 0.3) is 0 Å². The van der Waals surface area contributed by atoms with Crippen molar-refractivity contribution in [2.75, 3.05) is 11.9 Å². The van der Waals surface area contributed by atoms with Gasteiger partial charge in [0.2, 0.25) is 0 Å². The highest BCUT2D eigenvalue weighted by atomic mass is 15.1. The Morgan fingerprint density at radius 3 is 1.52 bits per heavy atom. The fourth-order valence-electron chi connectivity index (χ4n) is 3.45. The van der Waals surface area contributed by atoms with Crippen molar-refractivity contribution in [3.05, 3.63) is 131 Å². The molecule has 0 amide bonds. The van der Waals surface area contributed by atoms with Gasteiger partial charge in [-0.3, -0.25) is 0 Å². The molecular weight excluding hydrogens is 350 g/mol. The molecule has 1 nitrogen and oxygen atoms in total. The predicted molar refractivity (Wildman–Crippen MR) is 126 cm³/mol. The van der Waals surface area contributed by atoms with E-state index in [1.807, 2.05) is 0 Å². The maximum absolute atomic E-state index is 2.26. The summed E-state index contributed by atoms with van der Waals surface area (Å²) in [4.78, 5) is 2.21. The molecule has 1 heteroatoms. The minimum Gasteiger partial charge on any atom is -0.345 e. The van der Waals surface area contributed by atoms with Gasteiger partial charge in [-0.2, -0.15) is 0 Å². The fraction of sp³-hybridized carbons (Fsp3) is 0.0714. The third kappa shape index (κ3) is 4.47. The van der Waals surface area contributed by atoms with Crippen LogP contribution < -0.4 is 4.90 Å². The van der Waals surface area contributed by atoms with E-state index >= 15 is 0 Å². The molecule has 142 valence electrons. The Balaban J connectivity index is 1.66. The van der Waals surface area contributed by atoms with E-state index in [2.05, 4.69) is 134 Å². The monoisotopic (exact) mass is 375 g/mol. The third-order valence-electron chi connectivity index (χ3n) is 5.18. The molecule has 0 heterocycles. The van der Waals surface area contributed by atoms with Crippen LogP contribution in [0.5, 0.6) is 0 Å². The SMILES string of the molecule is Cc1ccc(N(C)c2ccc(C=C(c3ccccc3)c3ccccc3)cc2)cc1. The summed E-state index contributed by atoms with van der Waals surface area (Å²) in [7, 11) is 2.11. The van der Waals surface area contributed by atoms with E-state index in [0.29, 0.717) is 0 Å². The van der Waals surface area contributed by atoms with Crippen LogP contribution in [0.3, 0.4) is 0 Å². The maximum atomic E-state index is 2.26. The van der Waals surface area contributed by atoms with Gasteiger partial charge in [0.05, 0.1) is 0 Å². The molecule has 0 spiro atoms. The lowest BCUT2D eigenvalue weighted by molar-refractivity contribution is 1.20. The highest BCUT2D eigenvalue weighted by Gasteiger charge is 2.06. The van der Waals surface area contributed by atoms with Gasteiger partial charge >= 0.3 is 0 Å². The number of rotatable bonds is 5. The molecule has 4 aromatic carbocycles. The van der Waals surface area contributed by atoms with Crippen LogP contribution in [0, 0.1) is 6.92 Å². The van der Waals surface area contributed by atoms with Crippen molar-refractivity contribution < 1.29 is 0 Å². The number of hydrogen-bond acceptors (Lipinski definition) is 1. The van der Waals surface area contributed by atoms with Crippen molar-refractivity contribution in [1.82, 2.24) is 0 Å². The summed E-state index contributed by atoms with van der Waals surface area (Å²) in [5.74, 6) is 0. The first-order valence-electron chi connectivity index (χ1n) is 9.94. The molecule has 0 bridgehead atoms. The van der Waals surface area contributed by atoms with E-state index in [1.54, 1.807) is 0 Å². The van der Waals surface area contributed by atoms with Crippen LogP contribution in [-0.2, 0) is 0 Å². The highest BCUT2D eigenvalue weighted by Crippen LogP contribution is 2.28. The van der Waals surface area contributed by atoms with Gasteiger partial charge in [0, 0.05) is 18.4 Å². The second-order valence-electron chi connectivity index (χ2n) is 7.28. The first-order valence-corrected chi connectivity index (χ1v) is 9.94. The minimum absolute atomic E-state index is 1.17. The van der Waals surface area contributed by atoms with E-state index in [0.717, 1.165) is 0 Å². The topological polar surface area (TPSA) is 3.24 Å². The summed E-state index contributed by atoms with van der Waals surface area (Å²) in [6.45, 7) is 2.11. The van der Waals surface area contributed by atoms with Crippen LogP contribution in [-0.4, -0.2) is 7.05 Å². The molecule has 0 N–H and O–H groups in total. The van der Waals surface area contributed by atoms with E-state index in [9.17, 15) is 0 Å². The smallest absolute Gasteiger partial charge is 0.0408 e. The van der Waals surface area contributed by atoms with Crippen LogP contribution in [0.1, 0.15) is 22.3 Å². The van der Waals surface area contributed by atoms with Crippen molar-refractivity contribution >= 4 is 23.0 Å². The van der Waals surface area contributed by atoms with Crippen LogP contribution in [0.15, 0.2) is 109 Å². The average molecular weight is 376 g/mol. The summed E-state index contributed by atoms with van der Waals surface area (Å²) in [5.41, 5.74) is 8.50. The summed E-state index contributed by atoms with van der Waals surface area (Å²) >= 11 is 0. The predicted octanol–water partition coefficient (Wildman–Crippen LogP) is 7.35. The van der Waals surface area contributed by atoms with Gasteiger partial charge in [-0.15, -0.1) is 0 Å². The fourth-order valence-corrected chi connectivity index (χ4v) is 3.45. The Hall–Kier alpha value is -3.58. The van der Waals surface area contributed by atoms with Crippen molar-refractivity contribution in [2.45, 2.75) is 6.92 Å². The molecule has 0 saturated heterocycles. The van der Waals surface area contributed by atoms with E-state index in [4.69, 9.17) is 0 Å². The molecule has 0 aliphatic carbocycles. The zero-order chi connectivity index (χ0) is 20.1. The molecule has 0 aliphatic rings. The van der Waals surface area contributed by atoms with Gasteiger partial charge in [0.1, 0.15) is 0 Å². The second-order valence-corrected chi connectivity index (χ2v) is 7.28. The highest BCUT2D eigenvalue weighted by molar-refractivity contribution is 5.91. The summed E-state index contributed by atoms with van der Waals surface area (Å²) in [6, 6.07) is 38.5. The quantitative estimate of drug-likeness (QED) is 0.330. The largest absolute Gasteiger partial charge is 0.345 e. The molecule has 0 fully saturated rings. The normalized spacial score (nSPS) is 10.4. The summed E-state index contributed by atoms with van der Waals surface area (Å²) in [5, 5.41) is 0. The Labute approximate surface area is 173 Å². The molecule has 0 saturated carbocycles. The molecule has 0 unspecified atom stereocenters. The first kappa shape index (κ1) is 18.8. The molecule has 4 aromatic rings. The Kier molecular flexibility index (Phi) is 5.58. The zero-order valence-electron chi connectivity index (χ0n) is 16.9. The lowest BCUT2D eigenvalue weighted by atomic mass is 9.96. The van der Waals surface area contributed by atoms with Crippen LogP contribution in [0.25, 0.3) is 11.6 Å². The van der Waals surface area contributed by atoms with Gasteiger partial charge in [-0.25, -0.2) is 0 Å². The van der Waals surface area contributed by atoms with E-state index < -0.39 is 0 Å². The van der Waals surface area contributed by atoms with Crippen molar-refractivity contribution in [1.29, 1.82) is 0 Å². The molecular formula is C28H25N. The Morgan fingerprint density at radius 2 is 1.03 bits per heavy atom. The van der Waals surface area contributed by atoms with Crippen molar-refractivity contribution in [3.8, 4) is 0 Å². The van der Waals surface area contributed by atoms with Gasteiger partial charge in [-0.1, -0.05) is 90.5 Å². The number of anilines is 2. The number of benzene rings is 4. The molecule has 4 rings (SSSR count). The summed E-state index contributed by atoms with van der Waals surface area (Å²) < 4.78 is 0. The van der Waals surface area contributed by atoms with Crippen LogP contribution >= 0.6 is 0 Å². The zero-order valence-corrected chi connectivity index (χ0v) is 16.9. The number of nitrogens with zero attached hydrogens (tertiary/aromatic N) is 1. The van der Waals surface area contributed by atoms with Crippen LogP contribution in [0.2, 0.25) is 0 Å². The van der Waals surface area contributed by atoms with Gasteiger partial charge < -0.3 is 4.90 Å². The molecule has 0 atom stereocenters. The lowest BCUT2D eigenvalue weighted by Gasteiger charge is -2.20. The minimum atomic E-state index is 1.17. The maximum Gasteiger partial charge on any atom is 0.0408 e. The molecule has 29 heavy (non-hydrogen) atoms. The summed E-state index contributed by atoms with van der Waals surface area (Å²) in [6.07, 6.45) is 2.26. The third-order valence-corrected chi connectivity index (χ3v) is 5.18. The van der Waals surface area contributed by atoms with Gasteiger partial charge in [-0.05, 0) is 59.5 Å². The second kappa shape index (κ2) is 8.62. The molecule has 0 aliphatic heterocycles. The lowest BCUT2D eigenvalue weighted by Crippen LogP contribution is -2.08. The average Bonchev–Trinajstić information content (AvgIpc) is 2.79. The van der Waals surface area contributed by atoms with E-state index in [-0.39, 0.29) is 0 Å². The van der Waals surface area contributed by atoms with Crippen LogP contribution in [0.4, 0.5) is 11.4 Å².